The van der Waals surface area contributed by atoms with E-state index in [2.05, 4.69) is 11.8 Å². The predicted octanol–water partition coefficient (Wildman–Crippen LogP) is 3.50. The molecule has 146 valence electrons. The maximum absolute atomic E-state index is 12.3. The van der Waals surface area contributed by atoms with Crippen LogP contribution in [-0.4, -0.2) is 26.2 Å². The van der Waals surface area contributed by atoms with Crippen molar-refractivity contribution >= 4 is 11.4 Å². The molecule has 0 radical (unpaired) electrons. The van der Waals surface area contributed by atoms with Gasteiger partial charge in [-0.3, -0.25) is 9.59 Å². The van der Waals surface area contributed by atoms with Gasteiger partial charge in [0, 0.05) is 37.3 Å². The van der Waals surface area contributed by atoms with Crippen molar-refractivity contribution in [1.29, 1.82) is 0 Å². The first-order chi connectivity index (χ1) is 13.5. The highest BCUT2D eigenvalue weighted by Gasteiger charge is 2.05. The topological polar surface area (TPSA) is 40.6 Å². The summed E-state index contributed by atoms with van der Waals surface area (Å²) in [6, 6.07) is 14.0. The van der Waals surface area contributed by atoms with Gasteiger partial charge in [0.25, 0.3) is 0 Å². The van der Waals surface area contributed by atoms with Crippen molar-refractivity contribution in [3.05, 3.63) is 80.1 Å². The SMILES string of the molecule is CCN(CC)c1ccc(C#Cc2ccc(N(CC)CC)c(=O)cc2)ccc1=O. The van der Waals surface area contributed by atoms with Gasteiger partial charge >= 0.3 is 0 Å². The molecule has 2 aromatic carbocycles. The van der Waals surface area contributed by atoms with Crippen LogP contribution in [-0.2, 0) is 0 Å². The van der Waals surface area contributed by atoms with E-state index in [0.717, 1.165) is 37.3 Å². The minimum absolute atomic E-state index is 0.0114. The zero-order valence-electron chi connectivity index (χ0n) is 17.2. The van der Waals surface area contributed by atoms with Crippen molar-refractivity contribution in [3.63, 3.8) is 0 Å². The molecule has 0 fully saturated rings. The third-order valence-corrected chi connectivity index (χ3v) is 4.73. The highest BCUT2D eigenvalue weighted by atomic mass is 16.1. The van der Waals surface area contributed by atoms with Gasteiger partial charge in [-0.25, -0.2) is 0 Å². The summed E-state index contributed by atoms with van der Waals surface area (Å²) in [7, 11) is 0. The summed E-state index contributed by atoms with van der Waals surface area (Å²) in [5, 5.41) is 0. The van der Waals surface area contributed by atoms with Crippen molar-refractivity contribution in [1.82, 2.24) is 0 Å². The number of anilines is 2. The number of rotatable bonds is 6. The average Bonchev–Trinajstić information content (AvgIpc) is 3.00. The second-order valence-corrected chi connectivity index (χ2v) is 6.34. The van der Waals surface area contributed by atoms with Crippen molar-refractivity contribution in [3.8, 4) is 11.8 Å². The molecule has 0 aliphatic carbocycles. The van der Waals surface area contributed by atoms with Crippen LogP contribution in [0, 0.1) is 11.8 Å². The molecule has 0 N–H and O–H groups in total. The fourth-order valence-corrected chi connectivity index (χ4v) is 3.08. The third kappa shape index (κ3) is 5.23. The molecule has 0 bridgehead atoms. The predicted molar refractivity (Wildman–Crippen MR) is 119 cm³/mol. The van der Waals surface area contributed by atoms with Crippen LogP contribution in [0.1, 0.15) is 38.8 Å². The van der Waals surface area contributed by atoms with E-state index in [0.29, 0.717) is 11.4 Å². The first-order valence-electron chi connectivity index (χ1n) is 9.84. The fourth-order valence-electron chi connectivity index (χ4n) is 3.08. The Hall–Kier alpha value is -3.06. The van der Waals surface area contributed by atoms with Gasteiger partial charge in [-0.15, -0.1) is 0 Å². The van der Waals surface area contributed by atoms with Gasteiger partial charge in [0.2, 0.25) is 10.9 Å². The van der Waals surface area contributed by atoms with Crippen molar-refractivity contribution in [2.24, 2.45) is 0 Å². The van der Waals surface area contributed by atoms with E-state index in [1.165, 1.54) is 0 Å². The molecule has 2 rings (SSSR count). The Labute approximate surface area is 167 Å². The van der Waals surface area contributed by atoms with Gasteiger partial charge in [-0.1, -0.05) is 11.8 Å². The van der Waals surface area contributed by atoms with Gasteiger partial charge in [0.05, 0.1) is 11.4 Å². The number of hydrogen-bond donors (Lipinski definition) is 0. The van der Waals surface area contributed by atoms with E-state index in [9.17, 15) is 9.59 Å². The van der Waals surface area contributed by atoms with Crippen LogP contribution >= 0.6 is 0 Å². The van der Waals surface area contributed by atoms with E-state index in [4.69, 9.17) is 0 Å². The van der Waals surface area contributed by atoms with Crippen molar-refractivity contribution < 1.29 is 0 Å². The Kier molecular flexibility index (Phi) is 7.83. The Morgan fingerprint density at radius 1 is 0.571 bits per heavy atom. The van der Waals surface area contributed by atoms with E-state index in [1.807, 2.05) is 61.8 Å². The summed E-state index contributed by atoms with van der Waals surface area (Å²) < 4.78 is 0. The van der Waals surface area contributed by atoms with Crippen LogP contribution in [0.5, 0.6) is 0 Å². The van der Waals surface area contributed by atoms with Gasteiger partial charge in [-0.05, 0) is 76.2 Å². The van der Waals surface area contributed by atoms with Gasteiger partial charge in [0.1, 0.15) is 0 Å². The normalized spacial score (nSPS) is 10.0. The molecule has 0 spiro atoms. The first-order valence-corrected chi connectivity index (χ1v) is 9.84. The Balaban J connectivity index is 2.38. The summed E-state index contributed by atoms with van der Waals surface area (Å²) in [5.41, 5.74) is 2.86. The molecular weight excluding hydrogens is 348 g/mol. The van der Waals surface area contributed by atoms with Crippen molar-refractivity contribution in [2.45, 2.75) is 27.7 Å². The molecule has 4 heteroatoms. The van der Waals surface area contributed by atoms with Crippen LogP contribution in [0.3, 0.4) is 0 Å². The smallest absolute Gasteiger partial charge is 0.201 e. The maximum Gasteiger partial charge on any atom is 0.201 e. The largest absolute Gasteiger partial charge is 0.369 e. The van der Waals surface area contributed by atoms with Crippen LogP contribution in [0.25, 0.3) is 0 Å². The lowest BCUT2D eigenvalue weighted by molar-refractivity contribution is 0.863. The summed E-state index contributed by atoms with van der Waals surface area (Å²) >= 11 is 0. The molecule has 0 aliphatic heterocycles. The van der Waals surface area contributed by atoms with E-state index in [1.54, 1.807) is 24.3 Å². The minimum atomic E-state index is -0.0114. The lowest BCUT2D eigenvalue weighted by Crippen LogP contribution is -2.26. The van der Waals surface area contributed by atoms with E-state index in [-0.39, 0.29) is 10.9 Å². The molecule has 28 heavy (non-hydrogen) atoms. The molecule has 0 saturated carbocycles. The molecule has 0 saturated heterocycles. The maximum atomic E-state index is 12.3. The monoisotopic (exact) mass is 376 g/mol. The van der Waals surface area contributed by atoms with Crippen molar-refractivity contribution in [2.75, 3.05) is 36.0 Å². The summed E-state index contributed by atoms with van der Waals surface area (Å²) in [4.78, 5) is 28.7. The van der Waals surface area contributed by atoms with Gasteiger partial charge in [-0.2, -0.15) is 0 Å². The van der Waals surface area contributed by atoms with Crippen LogP contribution in [0.4, 0.5) is 11.4 Å². The molecule has 0 atom stereocenters. The lowest BCUT2D eigenvalue weighted by Gasteiger charge is -2.18. The number of nitrogens with zero attached hydrogens (tertiary/aromatic N) is 2. The molecule has 0 heterocycles. The highest BCUT2D eigenvalue weighted by Crippen LogP contribution is 2.09. The average molecular weight is 377 g/mol. The summed E-state index contributed by atoms with van der Waals surface area (Å²) in [6.45, 7) is 11.2. The minimum Gasteiger partial charge on any atom is -0.369 e. The highest BCUT2D eigenvalue weighted by molar-refractivity contribution is 5.51. The zero-order chi connectivity index (χ0) is 20.5. The third-order valence-electron chi connectivity index (χ3n) is 4.73. The molecule has 0 aliphatic rings. The van der Waals surface area contributed by atoms with Crippen LogP contribution in [0.15, 0.2) is 58.1 Å². The zero-order valence-corrected chi connectivity index (χ0v) is 17.2. The lowest BCUT2D eigenvalue weighted by atomic mass is 10.2. The molecular formula is C24H28N2O2. The number of hydrogen-bond acceptors (Lipinski definition) is 4. The Morgan fingerprint density at radius 2 is 0.893 bits per heavy atom. The Morgan fingerprint density at radius 3 is 1.21 bits per heavy atom. The van der Waals surface area contributed by atoms with Crippen LogP contribution in [0.2, 0.25) is 0 Å². The van der Waals surface area contributed by atoms with Gasteiger partial charge < -0.3 is 9.80 Å². The molecule has 0 aromatic heterocycles. The molecule has 4 nitrogen and oxygen atoms in total. The first kappa shape index (κ1) is 21.2. The Bertz CT molecular complexity index is 903. The second kappa shape index (κ2) is 10.3. The summed E-state index contributed by atoms with van der Waals surface area (Å²) in [5.74, 6) is 6.19. The quantitative estimate of drug-likeness (QED) is 0.724. The molecule has 2 aromatic rings. The molecule has 0 amide bonds. The standard InChI is InChI=1S/C24H28N2O2/c1-5-25(6-2)21-15-11-19(13-17-23(21)27)9-10-20-12-16-22(24(28)18-14-20)26(7-3)8-4/h11-18H,5-8H2,1-4H3. The van der Waals surface area contributed by atoms with E-state index < -0.39 is 0 Å². The summed E-state index contributed by atoms with van der Waals surface area (Å²) in [6.07, 6.45) is 0. The van der Waals surface area contributed by atoms with Crippen LogP contribution < -0.4 is 20.7 Å². The van der Waals surface area contributed by atoms with Gasteiger partial charge in [0.15, 0.2) is 0 Å². The molecule has 0 unspecified atom stereocenters. The fraction of sp³-hybridized carbons (Fsp3) is 0.333. The van der Waals surface area contributed by atoms with E-state index >= 15 is 0 Å². The second-order valence-electron chi connectivity index (χ2n) is 6.34.